The molecular weight excluding hydrogens is 390 g/mol. The van der Waals surface area contributed by atoms with Crippen molar-refractivity contribution in [1.29, 1.82) is 0 Å². The minimum Gasteiger partial charge on any atom is -0.479 e. The van der Waals surface area contributed by atoms with Gasteiger partial charge in [0.25, 0.3) is 0 Å². The molecule has 0 spiro atoms. The molecule has 0 radical (unpaired) electrons. The summed E-state index contributed by atoms with van der Waals surface area (Å²) in [6.45, 7) is 3.55. The summed E-state index contributed by atoms with van der Waals surface area (Å²) in [6, 6.07) is 9.37. The van der Waals surface area contributed by atoms with E-state index in [2.05, 4.69) is 4.98 Å². The van der Waals surface area contributed by atoms with Crippen LogP contribution in [0, 0.1) is 10.1 Å². The third-order valence-electron chi connectivity index (χ3n) is 3.67. The second-order valence-electron chi connectivity index (χ2n) is 5.66. The molecule has 2 heterocycles. The third-order valence-corrected chi connectivity index (χ3v) is 3.89. The topological polar surface area (TPSA) is 105 Å². The van der Waals surface area contributed by atoms with Crippen molar-refractivity contribution in [2.24, 2.45) is 0 Å². The van der Waals surface area contributed by atoms with Crippen molar-refractivity contribution in [2.45, 2.75) is 20.0 Å². The molecule has 1 unspecified atom stereocenters. The van der Waals surface area contributed by atoms with Gasteiger partial charge in [-0.05, 0) is 49.1 Å². The Hall–Kier alpha value is -3.33. The molecule has 0 aliphatic carbocycles. The zero-order chi connectivity index (χ0) is 20.3. The Morgan fingerprint density at radius 2 is 1.93 bits per heavy atom. The van der Waals surface area contributed by atoms with E-state index >= 15 is 0 Å². The number of hydrogen-bond acceptors (Lipinski definition) is 7. The van der Waals surface area contributed by atoms with E-state index in [9.17, 15) is 14.9 Å². The summed E-state index contributed by atoms with van der Waals surface area (Å²) in [5.74, 6) is -0.241. The highest BCUT2D eigenvalue weighted by atomic mass is 35.5. The Bertz CT molecular complexity index is 1020. The number of hydrogen-bond donors (Lipinski definition) is 0. The van der Waals surface area contributed by atoms with Crippen molar-refractivity contribution in [1.82, 2.24) is 9.38 Å². The van der Waals surface area contributed by atoms with Gasteiger partial charge in [0, 0.05) is 6.07 Å². The summed E-state index contributed by atoms with van der Waals surface area (Å²) in [6.07, 6.45) is 0.624. The average molecular weight is 406 g/mol. The van der Waals surface area contributed by atoms with Crippen LogP contribution in [0.15, 0.2) is 42.6 Å². The largest absolute Gasteiger partial charge is 0.479 e. The average Bonchev–Trinajstić information content (AvgIpc) is 3.00. The van der Waals surface area contributed by atoms with E-state index in [4.69, 9.17) is 25.8 Å². The maximum absolute atomic E-state index is 11.6. The fraction of sp³-hybridized carbons (Fsp3) is 0.222. The second-order valence-corrected chi connectivity index (χ2v) is 6.10. The fourth-order valence-electron chi connectivity index (χ4n) is 2.43. The standard InChI is InChI=1S/C18H16ClN3O6/c1-3-26-18(23)11(2)27-13-5-7-14(8-6-13)28-16-17(22(24)25)21-10-12(19)4-9-15(21)20-16/h4-11H,3H2,1-2H3. The van der Waals surface area contributed by atoms with Crippen LogP contribution in [0.25, 0.3) is 5.65 Å². The monoisotopic (exact) mass is 405 g/mol. The molecule has 3 aromatic rings. The lowest BCUT2D eigenvalue weighted by molar-refractivity contribution is -0.391. The van der Waals surface area contributed by atoms with Gasteiger partial charge in [0.05, 0.1) is 11.6 Å². The van der Waals surface area contributed by atoms with Gasteiger partial charge in [-0.25, -0.2) is 4.79 Å². The molecule has 0 N–H and O–H groups in total. The number of rotatable bonds is 7. The Morgan fingerprint density at radius 1 is 1.25 bits per heavy atom. The molecule has 10 heteroatoms. The van der Waals surface area contributed by atoms with Crippen molar-refractivity contribution in [3.63, 3.8) is 0 Å². The van der Waals surface area contributed by atoms with Crippen LogP contribution in [-0.4, -0.2) is 33.0 Å². The van der Waals surface area contributed by atoms with Crippen molar-refractivity contribution >= 4 is 29.0 Å². The Balaban J connectivity index is 1.80. The molecule has 1 atom stereocenters. The minimum absolute atomic E-state index is 0.166. The normalized spacial score (nSPS) is 11.8. The van der Waals surface area contributed by atoms with Gasteiger partial charge < -0.3 is 24.3 Å². The lowest BCUT2D eigenvalue weighted by atomic mass is 10.3. The van der Waals surface area contributed by atoms with Gasteiger partial charge in [-0.2, -0.15) is 9.38 Å². The molecule has 0 saturated carbocycles. The van der Waals surface area contributed by atoms with Gasteiger partial charge in [0.1, 0.15) is 17.7 Å². The molecule has 0 bridgehead atoms. The highest BCUT2D eigenvalue weighted by Gasteiger charge is 2.25. The van der Waals surface area contributed by atoms with Gasteiger partial charge in [-0.1, -0.05) is 11.6 Å². The molecule has 28 heavy (non-hydrogen) atoms. The van der Waals surface area contributed by atoms with E-state index in [-0.39, 0.29) is 18.3 Å². The number of aromatic nitrogens is 2. The second kappa shape index (κ2) is 8.13. The van der Waals surface area contributed by atoms with E-state index in [1.807, 2.05) is 0 Å². The van der Waals surface area contributed by atoms with Crippen LogP contribution in [0.1, 0.15) is 13.8 Å². The first-order valence-corrected chi connectivity index (χ1v) is 8.70. The lowest BCUT2D eigenvalue weighted by Crippen LogP contribution is -2.25. The molecule has 0 fully saturated rings. The van der Waals surface area contributed by atoms with Gasteiger partial charge >= 0.3 is 17.7 Å². The zero-order valence-corrected chi connectivity index (χ0v) is 15.8. The molecule has 0 aliphatic rings. The number of nitrogens with zero attached hydrogens (tertiary/aromatic N) is 3. The van der Waals surface area contributed by atoms with E-state index < -0.39 is 17.0 Å². The molecule has 146 valence electrons. The highest BCUT2D eigenvalue weighted by molar-refractivity contribution is 6.30. The summed E-state index contributed by atoms with van der Waals surface area (Å²) in [5.41, 5.74) is 0.328. The first-order chi connectivity index (χ1) is 13.4. The predicted octanol–water partition coefficient (Wildman–Crippen LogP) is 4.02. The summed E-state index contributed by atoms with van der Waals surface area (Å²) in [7, 11) is 0. The molecule has 2 aromatic heterocycles. The molecule has 1 aromatic carbocycles. The summed E-state index contributed by atoms with van der Waals surface area (Å²) < 4.78 is 17.2. The maximum Gasteiger partial charge on any atom is 0.392 e. The van der Waals surface area contributed by atoms with Gasteiger partial charge in [-0.3, -0.25) is 0 Å². The zero-order valence-electron chi connectivity index (χ0n) is 15.0. The fourth-order valence-corrected chi connectivity index (χ4v) is 2.59. The Labute approximate surface area is 164 Å². The number of fused-ring (bicyclic) bond motifs is 1. The van der Waals surface area contributed by atoms with E-state index in [0.29, 0.717) is 22.2 Å². The van der Waals surface area contributed by atoms with Gasteiger partial charge in [0.2, 0.25) is 5.65 Å². The predicted molar refractivity (Wildman–Crippen MR) is 100 cm³/mol. The Morgan fingerprint density at radius 3 is 2.57 bits per heavy atom. The van der Waals surface area contributed by atoms with Crippen molar-refractivity contribution in [2.75, 3.05) is 6.61 Å². The first-order valence-electron chi connectivity index (χ1n) is 8.32. The van der Waals surface area contributed by atoms with Crippen molar-refractivity contribution in [3.05, 3.63) is 57.7 Å². The summed E-state index contributed by atoms with van der Waals surface area (Å²) in [4.78, 5) is 26.6. The Kier molecular flexibility index (Phi) is 5.65. The molecule has 9 nitrogen and oxygen atoms in total. The number of esters is 1. The van der Waals surface area contributed by atoms with Crippen molar-refractivity contribution < 1.29 is 23.9 Å². The SMILES string of the molecule is CCOC(=O)C(C)Oc1ccc(Oc2nc3ccc(Cl)cn3c2[N+](=O)[O-])cc1. The molecule has 0 amide bonds. The molecule has 0 saturated heterocycles. The highest BCUT2D eigenvalue weighted by Crippen LogP contribution is 2.33. The number of ether oxygens (including phenoxy) is 3. The number of pyridine rings is 1. The number of carbonyl (C=O) groups excluding carboxylic acids is 1. The lowest BCUT2D eigenvalue weighted by Gasteiger charge is -2.13. The third kappa shape index (κ3) is 4.15. The van der Waals surface area contributed by atoms with Crippen LogP contribution in [0.2, 0.25) is 5.02 Å². The number of carbonyl (C=O) groups is 1. The van der Waals surface area contributed by atoms with Crippen LogP contribution in [0.5, 0.6) is 17.4 Å². The van der Waals surface area contributed by atoms with Crippen LogP contribution >= 0.6 is 11.6 Å². The van der Waals surface area contributed by atoms with Gasteiger partial charge in [-0.15, -0.1) is 0 Å². The van der Waals surface area contributed by atoms with Crippen LogP contribution in [0.4, 0.5) is 5.82 Å². The summed E-state index contributed by atoms with van der Waals surface area (Å²) >= 11 is 5.91. The quantitative estimate of drug-likeness (QED) is 0.332. The molecule has 3 rings (SSSR count). The number of nitro groups is 1. The van der Waals surface area contributed by atoms with Crippen LogP contribution in [-0.2, 0) is 9.53 Å². The van der Waals surface area contributed by atoms with Crippen molar-refractivity contribution in [3.8, 4) is 17.4 Å². The smallest absolute Gasteiger partial charge is 0.392 e. The van der Waals surface area contributed by atoms with E-state index in [0.717, 1.165) is 0 Å². The number of halogens is 1. The number of imidazole rings is 1. The van der Waals surface area contributed by atoms with Crippen LogP contribution < -0.4 is 9.47 Å². The van der Waals surface area contributed by atoms with Crippen LogP contribution in [0.3, 0.4) is 0 Å². The van der Waals surface area contributed by atoms with E-state index in [1.54, 1.807) is 50.2 Å². The number of benzene rings is 1. The maximum atomic E-state index is 11.6. The summed E-state index contributed by atoms with van der Waals surface area (Å²) in [5, 5.41) is 11.8. The minimum atomic E-state index is -0.768. The molecular formula is C18H16ClN3O6. The molecule has 0 aliphatic heterocycles. The van der Waals surface area contributed by atoms with Gasteiger partial charge in [0.15, 0.2) is 6.10 Å². The first kappa shape index (κ1) is 19.4. The van der Waals surface area contributed by atoms with E-state index in [1.165, 1.54) is 10.6 Å².